The van der Waals surface area contributed by atoms with Crippen LogP contribution in [0.4, 0.5) is 4.79 Å². The number of phenolic OH excluding ortho intramolecular Hbond substituents is 1. The van der Waals surface area contributed by atoms with Gasteiger partial charge in [-0.25, -0.2) is 9.59 Å². The Balaban J connectivity index is 1.60. The van der Waals surface area contributed by atoms with E-state index in [9.17, 15) is 24.6 Å². The zero-order valence-electron chi connectivity index (χ0n) is 26.0. The number of fused-ring (bicyclic) bond motifs is 1. The molecule has 5 atom stereocenters. The van der Waals surface area contributed by atoms with Gasteiger partial charge in [0.15, 0.2) is 0 Å². The Labute approximate surface area is 268 Å². The number of aliphatic hydroxyl groups is 1. The number of hydrogen-bond acceptors (Lipinski definition) is 9. The fourth-order valence-corrected chi connectivity index (χ4v) is 8.48. The van der Waals surface area contributed by atoms with Crippen LogP contribution < -0.4 is 4.74 Å². The average molecular weight is 642 g/mol. The Kier molecular flexibility index (Phi) is 11.5. The van der Waals surface area contributed by atoms with E-state index in [0.717, 1.165) is 61.4 Å². The third-order valence-electron chi connectivity index (χ3n) is 8.37. The van der Waals surface area contributed by atoms with Crippen molar-refractivity contribution in [2.75, 3.05) is 12.4 Å². The number of unbranched alkanes of at least 4 members (excludes halogenated alkanes) is 2. The normalized spacial score (nSPS) is 23.4. The van der Waals surface area contributed by atoms with Gasteiger partial charge in [0.2, 0.25) is 5.91 Å². The number of aryl methyl sites for hydroxylation is 1. The van der Waals surface area contributed by atoms with Crippen LogP contribution in [0.15, 0.2) is 59.2 Å². The zero-order chi connectivity index (χ0) is 32.1. The predicted molar refractivity (Wildman–Crippen MR) is 175 cm³/mol. The summed E-state index contributed by atoms with van der Waals surface area (Å²) in [4.78, 5) is 40.9. The first-order valence-corrected chi connectivity index (χ1v) is 17.1. The fourth-order valence-electron chi connectivity index (χ4n) is 6.11. The molecule has 0 radical (unpaired) electrons. The molecule has 1 aromatic rings. The van der Waals surface area contributed by atoms with Gasteiger partial charge < -0.3 is 19.7 Å². The third kappa shape index (κ3) is 7.29. The minimum absolute atomic E-state index is 0.0247. The highest BCUT2D eigenvalue weighted by atomic mass is 32.2. The molecule has 10 heteroatoms. The molecule has 1 fully saturated rings. The number of nitrogens with zero attached hydrogens (tertiary/aromatic N) is 1. The third-order valence-corrected chi connectivity index (χ3v) is 10.7. The van der Waals surface area contributed by atoms with Crippen molar-refractivity contribution in [3.63, 3.8) is 0 Å². The monoisotopic (exact) mass is 641 g/mol. The van der Waals surface area contributed by atoms with Crippen molar-refractivity contribution in [2.24, 2.45) is 11.8 Å². The Hall–Kier alpha value is -2.95. The van der Waals surface area contributed by atoms with Crippen molar-refractivity contribution in [1.29, 1.82) is 0 Å². The van der Waals surface area contributed by atoms with Gasteiger partial charge in [0, 0.05) is 22.1 Å². The van der Waals surface area contributed by atoms with Crippen molar-refractivity contribution in [1.82, 2.24) is 4.90 Å². The van der Waals surface area contributed by atoms with Crippen molar-refractivity contribution in [3.05, 3.63) is 70.3 Å². The van der Waals surface area contributed by atoms with Gasteiger partial charge >= 0.3 is 11.3 Å². The van der Waals surface area contributed by atoms with E-state index < -0.39 is 28.7 Å². The zero-order valence-corrected chi connectivity index (χ0v) is 27.6. The summed E-state index contributed by atoms with van der Waals surface area (Å²) in [5.41, 5.74) is 3.77. The molecule has 238 valence electrons. The van der Waals surface area contributed by atoms with E-state index in [0.29, 0.717) is 16.2 Å². The number of thioether (sulfide) groups is 2. The molecule has 3 aliphatic rings. The van der Waals surface area contributed by atoms with Crippen LogP contribution in [0.2, 0.25) is 0 Å². The number of carbonyl (C=O) groups excluding carboxylic acids is 3. The summed E-state index contributed by atoms with van der Waals surface area (Å²) >= 11 is 2.15. The van der Waals surface area contributed by atoms with Gasteiger partial charge in [-0.05, 0) is 81.8 Å². The number of esters is 1. The Morgan fingerprint density at radius 3 is 2.70 bits per heavy atom. The average Bonchev–Trinajstić information content (AvgIpc) is 3.28. The molecule has 1 saturated heterocycles. The van der Waals surface area contributed by atoms with E-state index in [1.807, 2.05) is 13.0 Å². The van der Waals surface area contributed by atoms with Crippen LogP contribution in [-0.2, 0) is 20.7 Å². The maximum Gasteiger partial charge on any atom is 0.373 e. The summed E-state index contributed by atoms with van der Waals surface area (Å²) in [5, 5.41) is 20.4. The molecule has 0 saturated carbocycles. The van der Waals surface area contributed by atoms with E-state index in [4.69, 9.17) is 9.47 Å². The van der Waals surface area contributed by atoms with Crippen molar-refractivity contribution in [2.45, 2.75) is 83.6 Å². The van der Waals surface area contributed by atoms with Crippen LogP contribution in [0.25, 0.3) is 0 Å². The van der Waals surface area contributed by atoms with Crippen molar-refractivity contribution < 1.29 is 34.1 Å². The first kappa shape index (κ1) is 33.9. The largest absolute Gasteiger partial charge is 0.507 e. The number of hydrogen-bond donors (Lipinski definition) is 2. The maximum atomic E-state index is 13.4. The highest BCUT2D eigenvalue weighted by Gasteiger charge is 2.57. The molecule has 1 amide bonds. The van der Waals surface area contributed by atoms with Gasteiger partial charge in [-0.3, -0.25) is 9.69 Å². The Morgan fingerprint density at radius 2 is 2.05 bits per heavy atom. The molecule has 0 unspecified atom stereocenters. The Morgan fingerprint density at radius 1 is 1.30 bits per heavy atom. The number of β-lactam (4-membered cyclic amide) rings is 1. The lowest BCUT2D eigenvalue weighted by Gasteiger charge is -2.43. The van der Waals surface area contributed by atoms with E-state index in [2.05, 4.69) is 33.1 Å². The smallest absolute Gasteiger partial charge is 0.373 e. The second-order valence-electron chi connectivity index (χ2n) is 11.8. The van der Waals surface area contributed by atoms with E-state index in [1.165, 1.54) is 28.3 Å². The quantitative estimate of drug-likeness (QED) is 0.0997. The maximum absolute atomic E-state index is 13.4. The summed E-state index contributed by atoms with van der Waals surface area (Å²) in [5.74, 6) is -1.29. The fraction of sp³-hybridized carbons (Fsp3) is 0.500. The molecular formula is C34H43NO7S2. The van der Waals surface area contributed by atoms with Crippen LogP contribution >= 0.6 is 23.5 Å². The van der Waals surface area contributed by atoms with E-state index in [-0.39, 0.29) is 41.5 Å². The number of aliphatic hydroxyl groups excluding tert-OH is 1. The van der Waals surface area contributed by atoms with Crippen LogP contribution in [0.3, 0.4) is 0 Å². The first-order valence-electron chi connectivity index (χ1n) is 15.2. The molecule has 1 aliphatic carbocycles. The first-order chi connectivity index (χ1) is 21.0. The van der Waals surface area contributed by atoms with Crippen LogP contribution in [0.5, 0.6) is 11.5 Å². The summed E-state index contributed by atoms with van der Waals surface area (Å²) in [7, 11) is 0. The summed E-state index contributed by atoms with van der Waals surface area (Å²) in [6.45, 7) is 15.5. The minimum Gasteiger partial charge on any atom is -0.507 e. The number of rotatable bonds is 13. The Bertz CT molecular complexity index is 1380. The molecule has 44 heavy (non-hydrogen) atoms. The molecule has 4 rings (SSSR count). The van der Waals surface area contributed by atoms with Gasteiger partial charge in [-0.2, -0.15) is 0 Å². The molecule has 2 heterocycles. The number of amides is 1. The topological polar surface area (TPSA) is 113 Å². The number of benzene rings is 1. The number of carbonyl (C=O) groups is 3. The van der Waals surface area contributed by atoms with Gasteiger partial charge in [-0.15, -0.1) is 11.8 Å². The lowest BCUT2D eigenvalue weighted by molar-refractivity contribution is -0.157. The lowest BCUT2D eigenvalue weighted by atomic mass is 9.73. The highest BCUT2D eigenvalue weighted by Crippen LogP contribution is 2.52. The van der Waals surface area contributed by atoms with Crippen molar-refractivity contribution >= 4 is 40.7 Å². The van der Waals surface area contributed by atoms with Gasteiger partial charge in [0.05, 0.1) is 12.0 Å². The molecule has 2 N–H and O–H groups in total. The number of phenols is 1. The van der Waals surface area contributed by atoms with Gasteiger partial charge in [0.25, 0.3) is 0 Å². The molecule has 0 spiro atoms. The van der Waals surface area contributed by atoms with Gasteiger partial charge in [0.1, 0.15) is 29.2 Å². The number of allylic oxidation sites excluding steroid dienone is 3. The predicted octanol–water partition coefficient (Wildman–Crippen LogP) is 7.23. The van der Waals surface area contributed by atoms with Crippen molar-refractivity contribution in [3.8, 4) is 11.5 Å². The van der Waals surface area contributed by atoms with E-state index >= 15 is 0 Å². The highest BCUT2D eigenvalue weighted by molar-refractivity contribution is 8.14. The number of ether oxygens (including phenoxy) is 2. The summed E-state index contributed by atoms with van der Waals surface area (Å²) in [6.07, 6.45) is 8.34. The van der Waals surface area contributed by atoms with E-state index in [1.54, 1.807) is 13.0 Å². The summed E-state index contributed by atoms with van der Waals surface area (Å²) in [6, 6.07) is 3.64. The number of aromatic hydroxyl groups is 1. The molecular weight excluding hydrogens is 599 g/mol. The van der Waals surface area contributed by atoms with Gasteiger partial charge in [-0.1, -0.05) is 56.2 Å². The standard InChI is InChI=1S/C34H43NO7S2/c1-7-9-10-11-22-16-25(37)29(24-15-20(5)12-13-23(24)19(3)4)26(17-22)42-34(40)43-18-27-30(33(39)41-14-8-2)35-31(38)28(21(6)36)32(35)44-27/h8,15-17,21,23-24,28,32,36-37H,2-3,7,9-14,18H2,1,4-6H3/t21-,23+,24-,28+,32-/m1/s1. The summed E-state index contributed by atoms with van der Waals surface area (Å²) < 4.78 is 11.2. The molecule has 1 aromatic carbocycles. The molecule has 8 nitrogen and oxygen atoms in total. The SMILES string of the molecule is C=CCOC(=O)C1=C(CSC(=O)Oc2cc(CCCCC)cc(O)c2[C@@H]2C=C(C)CC[C@H]2C(=C)C)S[C@@H]2[C@@H]([C@@H](C)O)C(=O)N12. The minimum atomic E-state index is -0.880. The van der Waals surface area contributed by atoms with Crippen LogP contribution in [0.1, 0.15) is 76.8 Å². The van der Waals surface area contributed by atoms with Crippen LogP contribution in [-0.4, -0.2) is 56.1 Å². The second kappa shape index (κ2) is 14.9. The van der Waals surface area contributed by atoms with Crippen LogP contribution in [0, 0.1) is 11.8 Å². The second-order valence-corrected chi connectivity index (χ2v) is 13.9. The lowest BCUT2D eigenvalue weighted by Crippen LogP contribution is -2.60. The molecule has 0 bridgehead atoms. The molecule has 0 aromatic heterocycles. The molecule has 2 aliphatic heterocycles.